The van der Waals surface area contributed by atoms with Crippen LogP contribution in [-0.4, -0.2) is 19.8 Å². The molecule has 45 heavy (non-hydrogen) atoms. The van der Waals surface area contributed by atoms with E-state index in [1.165, 1.54) is 193 Å². The summed E-state index contributed by atoms with van der Waals surface area (Å²) in [7, 11) is -1.22. The second-order valence-corrected chi connectivity index (χ2v) is 15.3. The van der Waals surface area contributed by atoms with Crippen LogP contribution in [0.1, 0.15) is 233 Å². The van der Waals surface area contributed by atoms with Gasteiger partial charge in [-0.2, -0.15) is 0 Å². The Morgan fingerprint density at radius 2 is 0.578 bits per heavy atom. The van der Waals surface area contributed by atoms with Gasteiger partial charge in [-0.05, 0) is 26.2 Å². The number of hydrogen-bond acceptors (Lipinski definition) is 3. The van der Waals surface area contributed by atoms with Gasteiger partial charge in [-0.25, -0.2) is 0 Å². The summed E-state index contributed by atoms with van der Waals surface area (Å²) in [5, 5.41) is 0. The number of hydrogen-bond donors (Lipinski definition) is 0. The monoisotopic (exact) mass is 655 g/mol. The molecule has 0 N–H and O–H groups in total. The molecule has 0 atom stereocenters. The molecule has 0 aromatic carbocycles. The topological polar surface area (TPSA) is 27.7 Å². The van der Waals surface area contributed by atoms with Crippen molar-refractivity contribution in [2.45, 2.75) is 233 Å². The van der Waals surface area contributed by atoms with E-state index in [1.807, 2.05) is 0 Å². The quantitative estimate of drug-likeness (QED) is 0.0374. The van der Waals surface area contributed by atoms with Crippen LogP contribution in [0.3, 0.4) is 0 Å². The number of rotatable bonds is 40. The fourth-order valence-corrected chi connectivity index (χ4v) is 7.01. The fourth-order valence-electron chi connectivity index (χ4n) is 5.98. The minimum atomic E-state index is -1.22. The molecule has 0 bridgehead atoms. The fraction of sp³-hybridized carbons (Fsp3) is 0.951. The van der Waals surface area contributed by atoms with E-state index in [1.54, 1.807) is 0 Å². The van der Waals surface area contributed by atoms with Crippen LogP contribution in [0.25, 0.3) is 0 Å². The third-order valence-corrected chi connectivity index (χ3v) is 10.3. The normalized spacial score (nSPS) is 11.6. The van der Waals surface area contributed by atoms with Crippen LogP contribution in [0.4, 0.5) is 0 Å². The first kappa shape index (κ1) is 45.0. The Hall–Kier alpha value is 0.0500. The van der Waals surface area contributed by atoms with Gasteiger partial charge in [0.2, 0.25) is 0 Å². The van der Waals surface area contributed by atoms with E-state index in [4.69, 9.17) is 13.6 Å². The highest BCUT2D eigenvalue weighted by Crippen LogP contribution is 2.40. The molecular formula is C41H83O3P. The van der Waals surface area contributed by atoms with Crippen molar-refractivity contribution in [3.8, 4) is 0 Å². The lowest BCUT2D eigenvalue weighted by atomic mass is 10.0. The van der Waals surface area contributed by atoms with Gasteiger partial charge in [0.05, 0.1) is 19.8 Å². The van der Waals surface area contributed by atoms with Gasteiger partial charge in [-0.3, -0.25) is 0 Å². The standard InChI is InChI=1S/C41H83O3P/c1-5-7-9-11-13-15-17-19-21-23-25-27-29-31-33-35-38-42-45(44-40-37-41(3)4)43-39-36-34-32-30-28-26-24-22-20-18-16-14-12-10-8-6-2/h3,5-40H2,1-2,4H3. The minimum Gasteiger partial charge on any atom is -0.312 e. The molecule has 0 amide bonds. The Kier molecular flexibility index (Phi) is 40.3. The summed E-state index contributed by atoms with van der Waals surface area (Å²) >= 11 is 0. The SMILES string of the molecule is C=C(C)CCOP(OCCCCCCCCCCCCCCCCCC)OCCCCCCCCCCCCCCCCCC. The maximum atomic E-state index is 6.06. The summed E-state index contributed by atoms with van der Waals surface area (Å²) in [5.41, 5.74) is 1.15. The third kappa shape index (κ3) is 40.1. The van der Waals surface area contributed by atoms with E-state index >= 15 is 0 Å². The van der Waals surface area contributed by atoms with Crippen LogP contribution in [0, 0.1) is 0 Å². The highest BCUT2D eigenvalue weighted by atomic mass is 31.2. The molecule has 4 heteroatoms. The van der Waals surface area contributed by atoms with Crippen LogP contribution in [0.5, 0.6) is 0 Å². The molecule has 0 rings (SSSR count). The highest BCUT2D eigenvalue weighted by molar-refractivity contribution is 7.41. The minimum absolute atomic E-state index is 0.652. The van der Waals surface area contributed by atoms with Gasteiger partial charge in [0.25, 0.3) is 0 Å². The van der Waals surface area contributed by atoms with Crippen molar-refractivity contribution in [2.75, 3.05) is 19.8 Å². The molecule has 0 aliphatic rings. The largest absolute Gasteiger partial charge is 0.332 e. The molecule has 0 saturated carbocycles. The Morgan fingerprint density at radius 3 is 0.822 bits per heavy atom. The zero-order valence-corrected chi connectivity index (χ0v) is 32.2. The molecule has 270 valence electrons. The molecule has 3 nitrogen and oxygen atoms in total. The van der Waals surface area contributed by atoms with Crippen molar-refractivity contribution in [3.05, 3.63) is 12.2 Å². The van der Waals surface area contributed by atoms with Gasteiger partial charge in [0, 0.05) is 0 Å². The van der Waals surface area contributed by atoms with E-state index in [9.17, 15) is 0 Å². The summed E-state index contributed by atoms with van der Waals surface area (Å²) in [6.45, 7) is 12.8. The van der Waals surface area contributed by atoms with Gasteiger partial charge in [0.15, 0.2) is 0 Å². The molecule has 0 unspecified atom stereocenters. The zero-order chi connectivity index (χ0) is 32.7. The van der Waals surface area contributed by atoms with E-state index < -0.39 is 8.60 Å². The predicted octanol–water partition coefficient (Wildman–Crippen LogP) is 15.8. The predicted molar refractivity (Wildman–Crippen MR) is 203 cm³/mol. The molecule has 0 aromatic rings. The van der Waals surface area contributed by atoms with Crippen LogP contribution in [0.2, 0.25) is 0 Å². The van der Waals surface area contributed by atoms with Crippen LogP contribution >= 0.6 is 8.60 Å². The second-order valence-electron chi connectivity index (χ2n) is 14.0. The van der Waals surface area contributed by atoms with Gasteiger partial charge in [0.1, 0.15) is 0 Å². The van der Waals surface area contributed by atoms with Crippen molar-refractivity contribution >= 4 is 8.60 Å². The van der Waals surface area contributed by atoms with Crippen molar-refractivity contribution in [2.24, 2.45) is 0 Å². The molecule has 0 fully saturated rings. The first-order chi connectivity index (χ1) is 22.2. The Labute approximate surface area is 286 Å². The van der Waals surface area contributed by atoms with E-state index in [0.717, 1.165) is 38.0 Å². The van der Waals surface area contributed by atoms with Gasteiger partial charge in [-0.15, -0.1) is 6.58 Å². The number of unbranched alkanes of at least 4 members (excludes halogenated alkanes) is 30. The van der Waals surface area contributed by atoms with Gasteiger partial charge < -0.3 is 13.6 Å². The van der Waals surface area contributed by atoms with Crippen LogP contribution in [0.15, 0.2) is 12.2 Å². The van der Waals surface area contributed by atoms with E-state index in [0.29, 0.717) is 6.61 Å². The zero-order valence-electron chi connectivity index (χ0n) is 31.3. The summed E-state index contributed by atoms with van der Waals surface area (Å²) in [6, 6.07) is 0. The Bertz CT molecular complexity index is 517. The van der Waals surface area contributed by atoms with Crippen LogP contribution in [-0.2, 0) is 13.6 Å². The van der Waals surface area contributed by atoms with Crippen molar-refractivity contribution in [1.82, 2.24) is 0 Å². The second kappa shape index (κ2) is 40.2. The van der Waals surface area contributed by atoms with Crippen LogP contribution < -0.4 is 0 Å². The molecule has 0 aliphatic heterocycles. The first-order valence-electron chi connectivity index (χ1n) is 20.5. The summed E-state index contributed by atoms with van der Waals surface area (Å²) < 4.78 is 18.1. The lowest BCUT2D eigenvalue weighted by molar-refractivity contribution is 0.157. The maximum Gasteiger partial charge on any atom is 0.332 e. The smallest absolute Gasteiger partial charge is 0.312 e. The lowest BCUT2D eigenvalue weighted by Crippen LogP contribution is -2.00. The molecule has 0 saturated heterocycles. The molecule has 0 spiro atoms. The molecular weight excluding hydrogens is 571 g/mol. The van der Waals surface area contributed by atoms with E-state index in [2.05, 4.69) is 27.4 Å². The molecule has 0 heterocycles. The average molecular weight is 655 g/mol. The van der Waals surface area contributed by atoms with Crippen molar-refractivity contribution in [1.29, 1.82) is 0 Å². The first-order valence-corrected chi connectivity index (χ1v) is 21.6. The van der Waals surface area contributed by atoms with Crippen molar-refractivity contribution in [3.63, 3.8) is 0 Å². The summed E-state index contributed by atoms with van der Waals surface area (Å²) in [4.78, 5) is 0. The van der Waals surface area contributed by atoms with Gasteiger partial charge >= 0.3 is 8.60 Å². The average Bonchev–Trinajstić information content (AvgIpc) is 3.03. The molecule has 0 aliphatic carbocycles. The summed E-state index contributed by atoms with van der Waals surface area (Å²) in [6.07, 6.45) is 45.4. The summed E-state index contributed by atoms with van der Waals surface area (Å²) in [5.74, 6) is 0. The highest BCUT2D eigenvalue weighted by Gasteiger charge is 2.12. The maximum absolute atomic E-state index is 6.06. The molecule has 0 aromatic heterocycles. The third-order valence-electron chi connectivity index (χ3n) is 9.11. The Morgan fingerprint density at radius 1 is 0.356 bits per heavy atom. The lowest BCUT2D eigenvalue weighted by Gasteiger charge is -2.17. The van der Waals surface area contributed by atoms with Crippen molar-refractivity contribution < 1.29 is 13.6 Å². The van der Waals surface area contributed by atoms with E-state index in [-0.39, 0.29) is 0 Å². The molecule has 0 radical (unpaired) electrons. The Balaban J connectivity index is 3.60. The van der Waals surface area contributed by atoms with Gasteiger partial charge in [-0.1, -0.05) is 212 Å².